The Morgan fingerprint density at radius 2 is 1.86 bits per heavy atom. The highest BCUT2D eigenvalue weighted by atomic mass is 79.9. The molecule has 5 nitrogen and oxygen atoms in total. The minimum atomic E-state index is -1.12. The lowest BCUT2D eigenvalue weighted by Crippen LogP contribution is -2.02. The quantitative estimate of drug-likeness (QED) is 0.780. The Morgan fingerprint density at radius 1 is 1.05 bits per heavy atom. The van der Waals surface area contributed by atoms with Gasteiger partial charge in [0.05, 0.1) is 4.47 Å². The molecule has 0 saturated heterocycles. The summed E-state index contributed by atoms with van der Waals surface area (Å²) in [5, 5.41) is 18.2. The van der Waals surface area contributed by atoms with E-state index in [4.69, 9.17) is 9.84 Å². The van der Waals surface area contributed by atoms with Gasteiger partial charge in [0, 0.05) is 6.07 Å². The maximum atomic E-state index is 10.7. The van der Waals surface area contributed by atoms with Crippen LogP contribution < -0.4 is 4.74 Å². The van der Waals surface area contributed by atoms with E-state index in [-0.39, 0.29) is 11.6 Å². The number of hydrogen-bond acceptors (Lipinski definition) is 4. The van der Waals surface area contributed by atoms with Crippen molar-refractivity contribution in [1.29, 1.82) is 0 Å². The molecular formula is C15H9BrN2O3. The van der Waals surface area contributed by atoms with Gasteiger partial charge in [-0.2, -0.15) is 0 Å². The maximum absolute atomic E-state index is 10.7. The number of nitrogens with zero attached hydrogens (tertiary/aromatic N) is 2. The van der Waals surface area contributed by atoms with Gasteiger partial charge in [-0.05, 0) is 38.8 Å². The van der Waals surface area contributed by atoms with Gasteiger partial charge in [0.2, 0.25) is 5.88 Å². The van der Waals surface area contributed by atoms with E-state index in [2.05, 4.69) is 26.1 Å². The summed E-state index contributed by atoms with van der Waals surface area (Å²) in [6, 6.07) is 14.5. The Morgan fingerprint density at radius 3 is 2.57 bits per heavy atom. The van der Waals surface area contributed by atoms with Crippen LogP contribution in [0.15, 0.2) is 53.0 Å². The van der Waals surface area contributed by atoms with Gasteiger partial charge in [0.25, 0.3) is 0 Å². The fourth-order valence-electron chi connectivity index (χ4n) is 1.89. The highest BCUT2D eigenvalue weighted by Gasteiger charge is 2.09. The zero-order valence-electron chi connectivity index (χ0n) is 10.7. The van der Waals surface area contributed by atoms with Gasteiger partial charge in [-0.1, -0.05) is 30.3 Å². The summed E-state index contributed by atoms with van der Waals surface area (Å²) in [4.78, 5) is 10.7. The standard InChI is InChI=1S/C15H9BrN2O3/c16-14-10-4-2-1-3-9(10)5-7-12(14)21-13-8-6-11(15(19)20)17-18-13/h1-8H,(H,19,20). The van der Waals surface area contributed by atoms with Gasteiger partial charge < -0.3 is 9.84 Å². The van der Waals surface area contributed by atoms with E-state index in [0.717, 1.165) is 15.2 Å². The summed E-state index contributed by atoms with van der Waals surface area (Å²) in [5.41, 5.74) is -0.125. The van der Waals surface area contributed by atoms with Crippen molar-refractivity contribution in [3.05, 3.63) is 58.7 Å². The Balaban J connectivity index is 1.94. The second kappa shape index (κ2) is 5.49. The molecule has 0 aliphatic rings. The van der Waals surface area contributed by atoms with Crippen molar-refractivity contribution in [1.82, 2.24) is 10.2 Å². The molecule has 21 heavy (non-hydrogen) atoms. The molecule has 2 aromatic carbocycles. The second-order valence-corrected chi connectivity index (χ2v) is 5.06. The number of aromatic carboxylic acids is 1. The zero-order valence-corrected chi connectivity index (χ0v) is 12.2. The van der Waals surface area contributed by atoms with Crippen LogP contribution in [0.1, 0.15) is 10.5 Å². The van der Waals surface area contributed by atoms with Crippen molar-refractivity contribution in [3.63, 3.8) is 0 Å². The topological polar surface area (TPSA) is 72.3 Å². The lowest BCUT2D eigenvalue weighted by Gasteiger charge is -2.08. The molecule has 0 radical (unpaired) electrons. The molecule has 0 unspecified atom stereocenters. The average molecular weight is 345 g/mol. The van der Waals surface area contributed by atoms with Crippen molar-refractivity contribution >= 4 is 32.7 Å². The average Bonchev–Trinajstić information content (AvgIpc) is 2.51. The number of carbonyl (C=O) groups is 1. The highest BCUT2D eigenvalue weighted by Crippen LogP contribution is 2.35. The Hall–Kier alpha value is -2.47. The number of hydrogen-bond donors (Lipinski definition) is 1. The molecule has 0 aliphatic carbocycles. The molecule has 1 aromatic heterocycles. The fraction of sp³-hybridized carbons (Fsp3) is 0. The highest BCUT2D eigenvalue weighted by molar-refractivity contribution is 9.10. The number of fused-ring (bicyclic) bond motifs is 1. The molecular weight excluding hydrogens is 336 g/mol. The molecule has 1 N–H and O–H groups in total. The first-order chi connectivity index (χ1) is 10.1. The van der Waals surface area contributed by atoms with Gasteiger partial charge in [-0.3, -0.25) is 0 Å². The Labute approximate surface area is 128 Å². The van der Waals surface area contributed by atoms with Crippen LogP contribution in [-0.4, -0.2) is 21.3 Å². The minimum Gasteiger partial charge on any atom is -0.476 e. The van der Waals surface area contributed by atoms with E-state index in [9.17, 15) is 4.79 Å². The molecule has 0 atom stereocenters. The van der Waals surface area contributed by atoms with E-state index in [1.54, 1.807) is 0 Å². The SMILES string of the molecule is O=C(O)c1ccc(Oc2ccc3ccccc3c2Br)nn1. The van der Waals surface area contributed by atoms with E-state index in [1.165, 1.54) is 12.1 Å². The van der Waals surface area contributed by atoms with Gasteiger partial charge >= 0.3 is 5.97 Å². The molecule has 6 heteroatoms. The molecule has 0 amide bonds. The van der Waals surface area contributed by atoms with Crippen LogP contribution in [-0.2, 0) is 0 Å². The van der Waals surface area contributed by atoms with Crippen molar-refractivity contribution in [2.24, 2.45) is 0 Å². The van der Waals surface area contributed by atoms with Gasteiger partial charge in [-0.15, -0.1) is 10.2 Å². The van der Waals surface area contributed by atoms with Crippen molar-refractivity contribution in [3.8, 4) is 11.6 Å². The van der Waals surface area contributed by atoms with Crippen LogP contribution >= 0.6 is 15.9 Å². The van der Waals surface area contributed by atoms with Crippen molar-refractivity contribution in [2.45, 2.75) is 0 Å². The molecule has 104 valence electrons. The number of carboxylic acids is 1. The number of benzene rings is 2. The first-order valence-electron chi connectivity index (χ1n) is 6.07. The predicted molar refractivity (Wildman–Crippen MR) is 80.7 cm³/mol. The van der Waals surface area contributed by atoms with Crippen LogP contribution in [0.25, 0.3) is 10.8 Å². The summed E-state index contributed by atoms with van der Waals surface area (Å²) >= 11 is 3.51. The van der Waals surface area contributed by atoms with E-state index >= 15 is 0 Å². The number of ether oxygens (including phenoxy) is 1. The fourth-order valence-corrected chi connectivity index (χ4v) is 2.47. The van der Waals surface area contributed by atoms with Crippen LogP contribution in [0.2, 0.25) is 0 Å². The first-order valence-corrected chi connectivity index (χ1v) is 6.86. The molecule has 0 bridgehead atoms. The van der Waals surface area contributed by atoms with Crippen LogP contribution in [0.5, 0.6) is 11.6 Å². The third-order valence-corrected chi connectivity index (χ3v) is 3.72. The molecule has 3 rings (SSSR count). The molecule has 1 heterocycles. The smallest absolute Gasteiger partial charge is 0.356 e. The largest absolute Gasteiger partial charge is 0.476 e. The van der Waals surface area contributed by atoms with E-state index < -0.39 is 5.97 Å². The minimum absolute atomic E-state index is 0.125. The molecule has 0 spiro atoms. The summed E-state index contributed by atoms with van der Waals surface area (Å²) in [5.74, 6) is -0.303. The van der Waals surface area contributed by atoms with Crippen molar-refractivity contribution < 1.29 is 14.6 Å². The lowest BCUT2D eigenvalue weighted by atomic mass is 10.1. The number of carboxylic acid groups (broad SMARTS) is 1. The molecule has 0 fully saturated rings. The summed E-state index contributed by atoms with van der Waals surface area (Å²) < 4.78 is 6.45. The summed E-state index contributed by atoms with van der Waals surface area (Å²) in [6.07, 6.45) is 0. The first kappa shape index (κ1) is 13.5. The number of halogens is 1. The summed E-state index contributed by atoms with van der Waals surface area (Å²) in [6.45, 7) is 0. The monoisotopic (exact) mass is 344 g/mol. The molecule has 3 aromatic rings. The Kier molecular flexibility index (Phi) is 3.53. The zero-order chi connectivity index (χ0) is 14.8. The predicted octanol–water partition coefficient (Wildman–Crippen LogP) is 3.88. The van der Waals surface area contributed by atoms with E-state index in [1.807, 2.05) is 36.4 Å². The van der Waals surface area contributed by atoms with Crippen LogP contribution in [0, 0.1) is 0 Å². The second-order valence-electron chi connectivity index (χ2n) is 4.26. The number of aromatic nitrogens is 2. The van der Waals surface area contributed by atoms with Gasteiger partial charge in [0.1, 0.15) is 5.75 Å². The third kappa shape index (κ3) is 2.71. The number of rotatable bonds is 3. The van der Waals surface area contributed by atoms with Crippen LogP contribution in [0.3, 0.4) is 0 Å². The normalized spacial score (nSPS) is 10.5. The van der Waals surface area contributed by atoms with Crippen LogP contribution in [0.4, 0.5) is 0 Å². The van der Waals surface area contributed by atoms with Gasteiger partial charge in [-0.25, -0.2) is 4.79 Å². The Bertz CT molecular complexity index is 819. The third-order valence-electron chi connectivity index (χ3n) is 2.90. The molecule has 0 saturated carbocycles. The van der Waals surface area contributed by atoms with Gasteiger partial charge in [0.15, 0.2) is 5.69 Å². The lowest BCUT2D eigenvalue weighted by molar-refractivity contribution is 0.0689. The van der Waals surface area contributed by atoms with E-state index in [0.29, 0.717) is 5.75 Å². The van der Waals surface area contributed by atoms with Crippen molar-refractivity contribution in [2.75, 3.05) is 0 Å². The molecule has 0 aliphatic heterocycles. The summed E-state index contributed by atoms with van der Waals surface area (Å²) in [7, 11) is 0. The maximum Gasteiger partial charge on any atom is 0.356 e.